The first-order valence-corrected chi connectivity index (χ1v) is 23.4. The second kappa shape index (κ2) is 26.0. The van der Waals surface area contributed by atoms with E-state index in [-0.39, 0.29) is 21.5 Å². The van der Waals surface area contributed by atoms with Crippen molar-refractivity contribution in [3.05, 3.63) is 280 Å². The molecular formula is C55H47IrOP3. The normalized spacial score (nSPS) is 10.1. The zero-order valence-corrected chi connectivity index (χ0v) is 38.1. The van der Waals surface area contributed by atoms with Crippen LogP contribution in [0.15, 0.2) is 273 Å². The molecule has 0 amide bonds. The first-order chi connectivity index (χ1) is 29.3. The van der Waals surface area contributed by atoms with E-state index in [2.05, 4.69) is 280 Å². The third-order valence-corrected chi connectivity index (χ3v) is 16.5. The topological polar surface area (TPSA) is 19.9 Å². The second-order valence-electron chi connectivity index (χ2n) is 13.0. The van der Waals surface area contributed by atoms with Gasteiger partial charge in [-0.2, -0.15) is 0 Å². The first-order valence-electron chi connectivity index (χ1n) is 19.4. The van der Waals surface area contributed by atoms with Crippen molar-refractivity contribution in [2.45, 2.75) is 0 Å². The summed E-state index contributed by atoms with van der Waals surface area (Å²) in [5, 5.41) is 12.6. The number of benzene rings is 9. The molecule has 0 aliphatic carbocycles. The van der Waals surface area contributed by atoms with Crippen LogP contribution in [0.1, 0.15) is 1.43 Å². The fraction of sp³-hybridized carbons (Fsp3) is 0. The largest absolute Gasteiger partial charge is 0.0622 e. The van der Waals surface area contributed by atoms with Crippen molar-refractivity contribution in [1.29, 1.82) is 0 Å². The SMILES string of the molecule is [C-]#[O+].[HH].[Ir].c1ccc(P(c2ccccc2)c2ccccc2)cc1.c1ccc(P(c2ccccc2)c2ccccc2)cc1.c1ccc(P(c2ccccc2)c2ccccc2)cc1. The van der Waals surface area contributed by atoms with E-state index in [1.165, 1.54) is 47.7 Å². The molecule has 297 valence electrons. The minimum absolute atomic E-state index is 0. The second-order valence-corrected chi connectivity index (χ2v) is 19.7. The van der Waals surface area contributed by atoms with Crippen LogP contribution < -0.4 is 47.7 Å². The average molecular weight is 1010 g/mol. The summed E-state index contributed by atoms with van der Waals surface area (Å²) in [6.45, 7) is 4.50. The van der Waals surface area contributed by atoms with Gasteiger partial charge in [0.2, 0.25) is 0 Å². The van der Waals surface area contributed by atoms with Crippen molar-refractivity contribution in [3.63, 3.8) is 0 Å². The molecule has 0 heterocycles. The van der Waals surface area contributed by atoms with Gasteiger partial charge < -0.3 is 0 Å². The first kappa shape index (κ1) is 45.7. The van der Waals surface area contributed by atoms with Crippen molar-refractivity contribution in [2.75, 3.05) is 0 Å². The molecule has 0 saturated carbocycles. The van der Waals surface area contributed by atoms with Gasteiger partial charge in [0.1, 0.15) is 0 Å². The van der Waals surface area contributed by atoms with Crippen LogP contribution in [0.3, 0.4) is 0 Å². The molecule has 0 spiro atoms. The van der Waals surface area contributed by atoms with Gasteiger partial charge in [0.15, 0.2) is 0 Å². The Morgan fingerprint density at radius 3 is 0.367 bits per heavy atom. The Morgan fingerprint density at radius 2 is 0.283 bits per heavy atom. The summed E-state index contributed by atoms with van der Waals surface area (Å²) in [4.78, 5) is 0. The van der Waals surface area contributed by atoms with E-state index in [9.17, 15) is 0 Å². The van der Waals surface area contributed by atoms with Crippen molar-refractivity contribution in [3.8, 4) is 0 Å². The van der Waals surface area contributed by atoms with E-state index in [4.69, 9.17) is 4.65 Å². The molecule has 0 aliphatic heterocycles. The Hall–Kier alpha value is -5.34. The van der Waals surface area contributed by atoms with Crippen molar-refractivity contribution < 1.29 is 26.2 Å². The van der Waals surface area contributed by atoms with Crippen LogP contribution in [-0.2, 0) is 24.8 Å². The van der Waals surface area contributed by atoms with E-state index in [0.717, 1.165) is 0 Å². The molecule has 1 radical (unpaired) electrons. The third kappa shape index (κ3) is 13.3. The summed E-state index contributed by atoms with van der Waals surface area (Å²) in [7, 11) is -1.34. The van der Waals surface area contributed by atoms with Gasteiger partial charge in [0.05, 0.1) is 0 Å². The third-order valence-electron chi connectivity index (χ3n) is 9.13. The summed E-state index contributed by atoms with van der Waals surface area (Å²) in [6.07, 6.45) is 0. The Bertz CT molecular complexity index is 1920. The van der Waals surface area contributed by atoms with Gasteiger partial charge in [0, 0.05) is 21.5 Å². The quantitative estimate of drug-likeness (QED) is 0.0780. The predicted molar refractivity (Wildman–Crippen MR) is 261 cm³/mol. The molecule has 0 aliphatic rings. The van der Waals surface area contributed by atoms with Gasteiger partial charge in [-0.1, -0.05) is 273 Å². The standard InChI is InChI=1S/3C18H15P.CO.Ir.H2/c3*1-4-10-16(11-5-1)19(17-12-6-2-7-13-17)18-14-8-3-9-15-18;1-2;;/h3*1-15H;;;1H. The van der Waals surface area contributed by atoms with Crippen LogP contribution in [0, 0.1) is 6.65 Å². The Morgan fingerprint density at radius 1 is 0.200 bits per heavy atom. The van der Waals surface area contributed by atoms with Gasteiger partial charge in [-0.15, -0.1) is 0 Å². The maximum atomic E-state index is 7.50. The summed E-state index contributed by atoms with van der Waals surface area (Å²) in [5.41, 5.74) is 0. The van der Waals surface area contributed by atoms with Gasteiger partial charge in [-0.3, -0.25) is 0 Å². The van der Waals surface area contributed by atoms with Crippen LogP contribution in [-0.4, -0.2) is 0 Å². The molecule has 60 heavy (non-hydrogen) atoms. The van der Waals surface area contributed by atoms with Crippen molar-refractivity contribution in [2.24, 2.45) is 0 Å². The molecule has 0 unspecified atom stereocenters. The molecule has 9 aromatic carbocycles. The molecular weight excluding hydrogens is 962 g/mol. The summed E-state index contributed by atoms with van der Waals surface area (Å²) < 4.78 is 7.50. The molecule has 0 saturated heterocycles. The molecule has 0 bridgehead atoms. The predicted octanol–water partition coefficient (Wildman–Crippen LogP) is 10.5. The van der Waals surface area contributed by atoms with Crippen LogP contribution in [0.25, 0.3) is 0 Å². The van der Waals surface area contributed by atoms with Gasteiger partial charge in [0.25, 0.3) is 0 Å². The minimum Gasteiger partial charge on any atom is -0.0622 e. The van der Waals surface area contributed by atoms with E-state index in [0.29, 0.717) is 0 Å². The fourth-order valence-corrected chi connectivity index (χ4v) is 13.5. The van der Waals surface area contributed by atoms with Crippen molar-refractivity contribution >= 4 is 71.5 Å². The Labute approximate surface area is 375 Å². The summed E-state index contributed by atoms with van der Waals surface area (Å²) in [6, 6.07) is 97.0. The van der Waals surface area contributed by atoms with E-state index in [1.54, 1.807) is 0 Å². The molecule has 0 N–H and O–H groups in total. The Balaban J connectivity index is 0.000000194. The van der Waals surface area contributed by atoms with Crippen LogP contribution >= 0.6 is 23.8 Å². The molecule has 1 nitrogen and oxygen atoms in total. The Kier molecular flexibility index (Phi) is 19.8. The summed E-state index contributed by atoms with van der Waals surface area (Å²) >= 11 is 0. The van der Waals surface area contributed by atoms with Crippen LogP contribution in [0.5, 0.6) is 0 Å². The zero-order valence-electron chi connectivity index (χ0n) is 33.1. The van der Waals surface area contributed by atoms with Crippen LogP contribution in [0.4, 0.5) is 0 Å². The molecule has 0 atom stereocenters. The zero-order chi connectivity index (χ0) is 40.7. The molecule has 9 rings (SSSR count). The molecule has 9 aromatic rings. The average Bonchev–Trinajstić information content (AvgIpc) is 3.34. The van der Waals surface area contributed by atoms with E-state index < -0.39 is 23.8 Å². The maximum Gasteiger partial charge on any atom is 0 e. The molecule has 5 heteroatoms. The maximum absolute atomic E-state index is 7.50. The smallest absolute Gasteiger partial charge is 0 e. The van der Waals surface area contributed by atoms with Gasteiger partial charge in [-0.25, -0.2) is 0 Å². The minimum atomic E-state index is -0.446. The number of hydrogen-bond acceptors (Lipinski definition) is 0. The number of rotatable bonds is 9. The molecule has 0 fully saturated rings. The van der Waals surface area contributed by atoms with Crippen molar-refractivity contribution in [1.82, 2.24) is 0 Å². The molecule has 0 aromatic heterocycles. The van der Waals surface area contributed by atoms with E-state index in [1.807, 2.05) is 0 Å². The summed E-state index contributed by atoms with van der Waals surface area (Å²) in [5.74, 6) is 0. The van der Waals surface area contributed by atoms with Gasteiger partial charge >= 0.3 is 11.3 Å². The fourth-order valence-electron chi connectivity index (χ4n) is 6.54. The number of hydrogen-bond donors (Lipinski definition) is 0. The monoisotopic (exact) mass is 1010 g/mol. The van der Waals surface area contributed by atoms with E-state index >= 15 is 0 Å². The van der Waals surface area contributed by atoms with Crippen LogP contribution in [0.2, 0.25) is 0 Å². The van der Waals surface area contributed by atoms with Gasteiger partial charge in [-0.05, 0) is 71.5 Å².